The highest BCUT2D eigenvalue weighted by molar-refractivity contribution is 5.35. The van der Waals surface area contributed by atoms with E-state index >= 15 is 0 Å². The van der Waals surface area contributed by atoms with Gasteiger partial charge in [0.1, 0.15) is 0 Å². The summed E-state index contributed by atoms with van der Waals surface area (Å²) in [6, 6.07) is 0. The van der Waals surface area contributed by atoms with Crippen LogP contribution in [0.1, 0.15) is 99.8 Å². The monoisotopic (exact) mass is 456 g/mol. The molecule has 0 aromatic heterocycles. The van der Waals surface area contributed by atoms with E-state index in [2.05, 4.69) is 60.6 Å². The first-order valence-corrected chi connectivity index (χ1v) is 13.9. The number of fused-ring (bicyclic) bond motifs is 4. The van der Waals surface area contributed by atoms with Gasteiger partial charge in [0.15, 0.2) is 0 Å². The van der Waals surface area contributed by atoms with Gasteiger partial charge in [0, 0.05) is 16.7 Å². The normalized spacial score (nSPS) is 60.3. The van der Waals surface area contributed by atoms with Crippen LogP contribution >= 0.6 is 0 Å². The Balaban J connectivity index is 1.50. The highest BCUT2D eigenvalue weighted by Crippen LogP contribution is 2.79. The first kappa shape index (κ1) is 23.0. The van der Waals surface area contributed by atoms with Crippen LogP contribution in [0.2, 0.25) is 0 Å². The molecule has 5 fully saturated rings. The van der Waals surface area contributed by atoms with Gasteiger partial charge in [-0.3, -0.25) is 0 Å². The lowest BCUT2D eigenvalue weighted by Gasteiger charge is -2.73. The summed E-state index contributed by atoms with van der Waals surface area (Å²) >= 11 is 0. The molecule has 2 unspecified atom stereocenters. The van der Waals surface area contributed by atoms with Crippen molar-refractivity contribution in [1.29, 1.82) is 0 Å². The zero-order chi connectivity index (χ0) is 23.9. The van der Waals surface area contributed by atoms with E-state index in [-0.39, 0.29) is 44.9 Å². The molecule has 0 radical (unpaired) electrons. The predicted octanol–water partition coefficient (Wildman–Crippen LogP) is 6.13. The van der Waals surface area contributed by atoms with Crippen LogP contribution in [0, 0.1) is 50.2 Å². The Bertz CT molecular complexity index is 891. The molecule has 1 saturated heterocycles. The second-order valence-corrected chi connectivity index (χ2v) is 15.5. The molecule has 33 heavy (non-hydrogen) atoms. The summed E-state index contributed by atoms with van der Waals surface area (Å²) in [6.07, 6.45) is 13.3. The molecule has 1 heterocycles. The molecule has 1 spiro atoms. The van der Waals surface area contributed by atoms with E-state index in [1.165, 1.54) is 12.8 Å². The number of hydrogen-bond acceptors (Lipinski definition) is 3. The molecule has 5 aliphatic carbocycles. The van der Waals surface area contributed by atoms with Gasteiger partial charge in [-0.05, 0) is 84.9 Å². The number of ether oxygens (including phenoxy) is 1. The summed E-state index contributed by atoms with van der Waals surface area (Å²) in [5.41, 5.74) is 0.154. The maximum absolute atomic E-state index is 11.8. The minimum atomic E-state index is -0.265. The van der Waals surface area contributed by atoms with Crippen molar-refractivity contribution < 1.29 is 14.9 Å². The van der Waals surface area contributed by atoms with Crippen molar-refractivity contribution in [2.24, 2.45) is 50.2 Å². The second kappa shape index (κ2) is 6.30. The lowest BCUT2D eigenvalue weighted by atomic mass is 9.32. The fourth-order valence-corrected chi connectivity index (χ4v) is 11.3. The first-order chi connectivity index (χ1) is 15.2. The van der Waals surface area contributed by atoms with Crippen molar-refractivity contribution in [3.8, 4) is 0 Å². The van der Waals surface area contributed by atoms with Crippen LogP contribution in [-0.2, 0) is 4.74 Å². The van der Waals surface area contributed by atoms with Crippen molar-refractivity contribution in [2.75, 3.05) is 6.61 Å². The molecule has 0 aromatic rings. The number of rotatable bonds is 0. The minimum absolute atomic E-state index is 0.0449. The topological polar surface area (TPSA) is 49.7 Å². The molecular weight excluding hydrogens is 408 g/mol. The van der Waals surface area contributed by atoms with E-state index in [0.29, 0.717) is 23.2 Å². The van der Waals surface area contributed by atoms with E-state index in [4.69, 9.17) is 4.74 Å². The lowest BCUT2D eigenvalue weighted by Crippen LogP contribution is -2.72. The number of aliphatic hydroxyl groups is 2. The van der Waals surface area contributed by atoms with Crippen LogP contribution in [-0.4, -0.2) is 34.6 Å². The average molecular weight is 457 g/mol. The lowest BCUT2D eigenvalue weighted by molar-refractivity contribution is -0.256. The quantitative estimate of drug-likeness (QED) is 0.431. The smallest absolute Gasteiger partial charge is 0.0957 e. The maximum Gasteiger partial charge on any atom is 0.0957 e. The summed E-state index contributed by atoms with van der Waals surface area (Å²) < 4.78 is 7.03. The second-order valence-electron chi connectivity index (χ2n) is 15.5. The molecule has 6 rings (SSSR count). The summed E-state index contributed by atoms with van der Waals surface area (Å²) in [6.45, 7) is 17.8. The molecule has 10 atom stereocenters. The standard InChI is InChI=1S/C30H48O3/c1-24(2)14-15-29-18-33-30(21(29)16-24)13-9-20-26(5)11-10-22(31)25(3,4)19(26)8-12-27(20,6)28(30,7)17-23(29)32/h9,13,19-23,31-32H,8,10-12,14-18H2,1-7H3/t19-,20+,21+,22?,23?,26-,27+,28-,29+,30-/m0/s1. The highest BCUT2D eigenvalue weighted by atomic mass is 16.5. The fourth-order valence-electron chi connectivity index (χ4n) is 11.3. The molecule has 0 aromatic carbocycles. The summed E-state index contributed by atoms with van der Waals surface area (Å²) in [5.74, 6) is 1.40. The maximum atomic E-state index is 11.8. The SMILES string of the molecule is CC1(C)CC[C@]23CO[C@@]4(C=C[C@@H]5[C@@]6(C)CCC(O)C(C)(C)[C@@H]6CC[C@@]5(C)[C@]4(C)CC2O)[C@@H]3C1. The Labute approximate surface area is 201 Å². The Kier molecular flexibility index (Phi) is 4.40. The van der Waals surface area contributed by atoms with Crippen LogP contribution in [0.3, 0.4) is 0 Å². The molecule has 6 aliphatic rings. The average Bonchev–Trinajstić information content (AvgIpc) is 2.99. The molecule has 3 nitrogen and oxygen atoms in total. The van der Waals surface area contributed by atoms with Gasteiger partial charge < -0.3 is 14.9 Å². The molecule has 1 aliphatic heterocycles. The van der Waals surface area contributed by atoms with Gasteiger partial charge in [-0.1, -0.05) is 60.6 Å². The zero-order valence-corrected chi connectivity index (χ0v) is 22.2. The molecule has 3 heteroatoms. The highest BCUT2D eigenvalue weighted by Gasteiger charge is 2.78. The van der Waals surface area contributed by atoms with Crippen LogP contribution in [0.5, 0.6) is 0 Å². The molecule has 4 saturated carbocycles. The number of aliphatic hydroxyl groups excluding tert-OH is 2. The fraction of sp³-hybridized carbons (Fsp3) is 0.933. The third-order valence-corrected chi connectivity index (χ3v) is 13.6. The third-order valence-electron chi connectivity index (χ3n) is 13.6. The number of hydrogen-bond donors (Lipinski definition) is 2. The summed E-state index contributed by atoms with van der Waals surface area (Å²) in [7, 11) is 0. The third kappa shape index (κ3) is 2.40. The Morgan fingerprint density at radius 3 is 2.24 bits per heavy atom. The molecule has 0 amide bonds. The largest absolute Gasteiger partial charge is 0.393 e. The van der Waals surface area contributed by atoms with Crippen molar-refractivity contribution in [1.82, 2.24) is 0 Å². The van der Waals surface area contributed by atoms with Crippen LogP contribution in [0.25, 0.3) is 0 Å². The van der Waals surface area contributed by atoms with Gasteiger partial charge in [0.25, 0.3) is 0 Å². The van der Waals surface area contributed by atoms with Crippen LogP contribution in [0.15, 0.2) is 12.2 Å². The van der Waals surface area contributed by atoms with Gasteiger partial charge in [0.2, 0.25) is 0 Å². The number of allylic oxidation sites excluding steroid dienone is 1. The molecule has 186 valence electrons. The summed E-state index contributed by atoms with van der Waals surface area (Å²) in [5, 5.41) is 22.7. The Morgan fingerprint density at radius 2 is 1.52 bits per heavy atom. The Hall–Kier alpha value is -0.380. The van der Waals surface area contributed by atoms with Crippen LogP contribution in [0.4, 0.5) is 0 Å². The van der Waals surface area contributed by atoms with Gasteiger partial charge in [-0.2, -0.15) is 0 Å². The van der Waals surface area contributed by atoms with E-state index in [1.807, 2.05) is 0 Å². The molecular formula is C30H48O3. The van der Waals surface area contributed by atoms with E-state index in [0.717, 1.165) is 45.1 Å². The van der Waals surface area contributed by atoms with E-state index in [1.54, 1.807) is 0 Å². The van der Waals surface area contributed by atoms with E-state index < -0.39 is 0 Å². The van der Waals surface area contributed by atoms with Gasteiger partial charge in [0.05, 0.1) is 24.4 Å². The van der Waals surface area contributed by atoms with Crippen molar-refractivity contribution in [3.63, 3.8) is 0 Å². The van der Waals surface area contributed by atoms with Crippen molar-refractivity contribution in [2.45, 2.75) is 118 Å². The zero-order valence-electron chi connectivity index (χ0n) is 22.2. The predicted molar refractivity (Wildman–Crippen MR) is 132 cm³/mol. The van der Waals surface area contributed by atoms with Crippen LogP contribution < -0.4 is 0 Å². The minimum Gasteiger partial charge on any atom is -0.393 e. The van der Waals surface area contributed by atoms with Crippen molar-refractivity contribution >= 4 is 0 Å². The van der Waals surface area contributed by atoms with Crippen molar-refractivity contribution in [3.05, 3.63) is 12.2 Å². The van der Waals surface area contributed by atoms with Gasteiger partial charge in [-0.25, -0.2) is 0 Å². The van der Waals surface area contributed by atoms with Gasteiger partial charge >= 0.3 is 0 Å². The van der Waals surface area contributed by atoms with Gasteiger partial charge in [-0.15, -0.1) is 0 Å². The molecule has 2 N–H and O–H groups in total. The first-order valence-electron chi connectivity index (χ1n) is 13.9. The Morgan fingerprint density at radius 1 is 0.788 bits per heavy atom. The summed E-state index contributed by atoms with van der Waals surface area (Å²) in [4.78, 5) is 0. The van der Waals surface area contributed by atoms with E-state index in [9.17, 15) is 10.2 Å². The molecule has 2 bridgehead atoms.